The number of piperazine rings is 1. The van der Waals surface area contributed by atoms with Crippen LogP contribution < -0.4 is 10.2 Å². The molecule has 2 fully saturated rings. The van der Waals surface area contributed by atoms with Gasteiger partial charge in [0, 0.05) is 50.7 Å². The van der Waals surface area contributed by atoms with Crippen LogP contribution in [-0.4, -0.2) is 75.6 Å². The Kier molecular flexibility index (Phi) is 5.30. The summed E-state index contributed by atoms with van der Waals surface area (Å²) in [5.41, 5.74) is 1.54. The normalized spacial score (nSPS) is 21.1. The molecule has 3 aliphatic heterocycles. The van der Waals surface area contributed by atoms with Gasteiger partial charge >= 0.3 is 0 Å². The van der Waals surface area contributed by atoms with Crippen molar-refractivity contribution in [1.29, 1.82) is 0 Å². The second-order valence-electron chi connectivity index (χ2n) is 8.94. The Morgan fingerprint density at radius 2 is 1.80 bits per heavy atom. The van der Waals surface area contributed by atoms with Crippen LogP contribution in [0.5, 0.6) is 0 Å². The van der Waals surface area contributed by atoms with Crippen LogP contribution in [0.25, 0.3) is 10.2 Å². The molecule has 0 bridgehead atoms. The summed E-state index contributed by atoms with van der Waals surface area (Å²) in [4.78, 5) is 65.3. The van der Waals surface area contributed by atoms with Crippen LogP contribution >= 0.6 is 11.3 Å². The van der Waals surface area contributed by atoms with E-state index in [0.717, 1.165) is 52.8 Å². The molecule has 5 heterocycles. The largest absolute Gasteiger partial charge is 0.338 e. The van der Waals surface area contributed by atoms with Crippen molar-refractivity contribution in [2.75, 3.05) is 31.1 Å². The fraction of sp³-hybridized carbons (Fsp3) is 0.333. The first-order chi connectivity index (χ1) is 17.0. The van der Waals surface area contributed by atoms with Crippen LogP contribution in [0, 0.1) is 0 Å². The average molecular weight is 491 g/mol. The summed E-state index contributed by atoms with van der Waals surface area (Å²) < 4.78 is 0. The van der Waals surface area contributed by atoms with Gasteiger partial charge in [0.25, 0.3) is 11.8 Å². The van der Waals surface area contributed by atoms with E-state index < -0.39 is 23.8 Å². The van der Waals surface area contributed by atoms with Crippen molar-refractivity contribution in [2.45, 2.75) is 25.4 Å². The Labute approximate surface area is 204 Å². The summed E-state index contributed by atoms with van der Waals surface area (Å²) >= 11 is 1.61. The lowest BCUT2D eigenvalue weighted by molar-refractivity contribution is -0.136. The number of hydrogen-bond donors (Lipinski definition) is 1. The van der Waals surface area contributed by atoms with Gasteiger partial charge in [0.1, 0.15) is 10.9 Å². The van der Waals surface area contributed by atoms with Crippen LogP contribution in [0.15, 0.2) is 35.8 Å². The lowest BCUT2D eigenvalue weighted by Crippen LogP contribution is -2.54. The highest BCUT2D eigenvalue weighted by atomic mass is 32.1. The van der Waals surface area contributed by atoms with Crippen LogP contribution in [0.3, 0.4) is 0 Å². The first-order valence-corrected chi connectivity index (χ1v) is 12.4. The topological polar surface area (TPSA) is 116 Å². The predicted molar refractivity (Wildman–Crippen MR) is 128 cm³/mol. The minimum atomic E-state index is -0.952. The van der Waals surface area contributed by atoms with E-state index in [4.69, 9.17) is 0 Å². The number of benzene rings is 1. The molecule has 3 aliphatic rings. The molecule has 11 heteroatoms. The highest BCUT2D eigenvalue weighted by molar-refractivity contribution is 7.16. The van der Waals surface area contributed by atoms with E-state index in [2.05, 4.69) is 25.1 Å². The second kappa shape index (κ2) is 8.51. The molecule has 178 valence electrons. The zero-order valence-corrected chi connectivity index (χ0v) is 19.6. The highest BCUT2D eigenvalue weighted by Gasteiger charge is 2.44. The molecule has 6 rings (SSSR count). The van der Waals surface area contributed by atoms with Crippen molar-refractivity contribution >= 4 is 51.1 Å². The van der Waals surface area contributed by atoms with Gasteiger partial charge in [0.05, 0.1) is 11.1 Å². The average Bonchev–Trinajstić information content (AvgIpc) is 3.42. The second-order valence-corrected chi connectivity index (χ2v) is 9.84. The monoisotopic (exact) mass is 490 g/mol. The number of fused-ring (bicyclic) bond motifs is 2. The van der Waals surface area contributed by atoms with Crippen molar-refractivity contribution < 1.29 is 19.2 Å². The molecule has 2 saturated heterocycles. The standard InChI is InChI=1S/C24H22N6O4S/c31-19-4-3-18(20(32)26-19)30-22(33)16-2-1-14(11-17(16)23(30)34)13-28-6-8-29(9-7-28)24-25-12-15-5-10-35-21(15)27-24/h1-2,5,10-12,18H,3-4,6-9,13H2,(H,26,31,32). The molecular weight excluding hydrogens is 468 g/mol. The number of imide groups is 2. The molecule has 0 saturated carbocycles. The fourth-order valence-corrected chi connectivity index (χ4v) is 5.62. The van der Waals surface area contributed by atoms with Crippen LogP contribution in [0.1, 0.15) is 39.1 Å². The Morgan fingerprint density at radius 1 is 1.00 bits per heavy atom. The van der Waals surface area contributed by atoms with E-state index in [1.165, 1.54) is 0 Å². The molecule has 35 heavy (non-hydrogen) atoms. The Bertz CT molecular complexity index is 1380. The number of thiophene rings is 1. The van der Waals surface area contributed by atoms with Gasteiger partial charge in [-0.2, -0.15) is 0 Å². The number of aromatic nitrogens is 2. The van der Waals surface area contributed by atoms with Crippen molar-refractivity contribution in [2.24, 2.45) is 0 Å². The zero-order chi connectivity index (χ0) is 24.1. The van der Waals surface area contributed by atoms with Crippen molar-refractivity contribution in [3.05, 3.63) is 52.5 Å². The van der Waals surface area contributed by atoms with Gasteiger partial charge in [-0.1, -0.05) is 6.07 Å². The minimum Gasteiger partial charge on any atom is -0.338 e. The SMILES string of the molecule is O=C1CCC(N2C(=O)c3ccc(CN4CCN(c5ncc6ccsc6n5)CC4)cc3C2=O)C(=O)N1. The molecule has 4 amide bonds. The summed E-state index contributed by atoms with van der Waals surface area (Å²) in [6.07, 6.45) is 2.12. The van der Waals surface area contributed by atoms with E-state index in [0.29, 0.717) is 17.7 Å². The van der Waals surface area contributed by atoms with E-state index in [-0.39, 0.29) is 18.7 Å². The number of amides is 4. The number of nitrogens with one attached hydrogen (secondary N) is 1. The number of piperidine rings is 1. The molecule has 1 N–H and O–H groups in total. The molecule has 1 atom stereocenters. The lowest BCUT2D eigenvalue weighted by atomic mass is 10.0. The molecule has 10 nitrogen and oxygen atoms in total. The van der Waals surface area contributed by atoms with Crippen LogP contribution in [0.2, 0.25) is 0 Å². The molecule has 0 aliphatic carbocycles. The molecule has 0 radical (unpaired) electrons. The third-order valence-electron chi connectivity index (χ3n) is 6.76. The van der Waals surface area contributed by atoms with Gasteiger partial charge in [-0.3, -0.25) is 34.3 Å². The molecule has 0 spiro atoms. The van der Waals surface area contributed by atoms with Gasteiger partial charge in [-0.05, 0) is 35.6 Å². The van der Waals surface area contributed by atoms with E-state index in [9.17, 15) is 19.2 Å². The number of hydrogen-bond acceptors (Lipinski definition) is 9. The van der Waals surface area contributed by atoms with Gasteiger partial charge in [0.2, 0.25) is 17.8 Å². The Balaban J connectivity index is 1.12. The van der Waals surface area contributed by atoms with Gasteiger partial charge in [0.15, 0.2) is 0 Å². The molecule has 1 unspecified atom stereocenters. The van der Waals surface area contributed by atoms with Gasteiger partial charge in [-0.25, -0.2) is 9.97 Å². The minimum absolute atomic E-state index is 0.104. The smallest absolute Gasteiger partial charge is 0.262 e. The van der Waals surface area contributed by atoms with Crippen molar-refractivity contribution in [3.8, 4) is 0 Å². The summed E-state index contributed by atoms with van der Waals surface area (Å²) in [7, 11) is 0. The summed E-state index contributed by atoms with van der Waals surface area (Å²) in [5, 5.41) is 5.29. The first-order valence-electron chi connectivity index (χ1n) is 11.5. The van der Waals surface area contributed by atoms with Crippen LogP contribution in [-0.2, 0) is 16.1 Å². The fourth-order valence-electron chi connectivity index (χ4n) is 4.88. The Hall–Kier alpha value is -3.70. The maximum absolute atomic E-state index is 13.1. The maximum atomic E-state index is 13.1. The third kappa shape index (κ3) is 3.86. The Morgan fingerprint density at radius 3 is 2.60 bits per heavy atom. The number of nitrogens with zero attached hydrogens (tertiary/aromatic N) is 5. The molecule has 3 aromatic rings. The zero-order valence-electron chi connectivity index (χ0n) is 18.8. The molecule has 2 aromatic heterocycles. The summed E-state index contributed by atoms with van der Waals surface area (Å²) in [5.74, 6) is -1.20. The lowest BCUT2D eigenvalue weighted by Gasteiger charge is -2.34. The highest BCUT2D eigenvalue weighted by Crippen LogP contribution is 2.29. The third-order valence-corrected chi connectivity index (χ3v) is 7.58. The van der Waals surface area contributed by atoms with Crippen molar-refractivity contribution in [3.63, 3.8) is 0 Å². The first kappa shape index (κ1) is 21.8. The van der Waals surface area contributed by atoms with Gasteiger partial charge < -0.3 is 4.90 Å². The van der Waals surface area contributed by atoms with Gasteiger partial charge in [-0.15, -0.1) is 11.3 Å². The quantitative estimate of drug-likeness (QED) is 0.546. The van der Waals surface area contributed by atoms with E-state index in [1.54, 1.807) is 23.5 Å². The molecular formula is C24H22N6O4S. The predicted octanol–water partition coefficient (Wildman–Crippen LogP) is 1.41. The van der Waals surface area contributed by atoms with E-state index >= 15 is 0 Å². The number of anilines is 1. The van der Waals surface area contributed by atoms with Crippen molar-refractivity contribution in [1.82, 2.24) is 25.1 Å². The van der Waals surface area contributed by atoms with Crippen LogP contribution in [0.4, 0.5) is 5.95 Å². The summed E-state index contributed by atoms with van der Waals surface area (Å²) in [6, 6.07) is 6.34. The number of carbonyl (C=O) groups excluding carboxylic acids is 4. The summed E-state index contributed by atoms with van der Waals surface area (Å²) in [6.45, 7) is 3.87. The molecule has 1 aromatic carbocycles. The number of rotatable bonds is 4. The van der Waals surface area contributed by atoms with E-state index in [1.807, 2.05) is 23.7 Å². The maximum Gasteiger partial charge on any atom is 0.262 e. The number of carbonyl (C=O) groups is 4.